The molecule has 0 radical (unpaired) electrons. The smallest absolute Gasteiger partial charge is 0.256 e. The second-order valence-electron chi connectivity index (χ2n) is 6.36. The van der Waals surface area contributed by atoms with Gasteiger partial charge in [-0.3, -0.25) is 9.59 Å². The van der Waals surface area contributed by atoms with E-state index in [1.165, 1.54) is 28.7 Å². The fourth-order valence-corrected chi connectivity index (χ4v) is 2.89. The predicted octanol–water partition coefficient (Wildman–Crippen LogP) is 2.77. The molecule has 0 saturated heterocycles. The molecule has 0 atom stereocenters. The summed E-state index contributed by atoms with van der Waals surface area (Å²) in [6.45, 7) is 0.939. The lowest BCUT2D eigenvalue weighted by molar-refractivity contribution is 0.0822. The van der Waals surface area contributed by atoms with Crippen LogP contribution in [-0.4, -0.2) is 44.4 Å². The van der Waals surface area contributed by atoms with Gasteiger partial charge in [-0.25, -0.2) is 4.39 Å². The summed E-state index contributed by atoms with van der Waals surface area (Å²) in [5.74, 6) is -1.36. The van der Waals surface area contributed by atoms with Gasteiger partial charge in [-0.1, -0.05) is 6.07 Å². The zero-order chi connectivity index (χ0) is 18.1. The van der Waals surface area contributed by atoms with E-state index in [0.29, 0.717) is 11.3 Å². The lowest BCUT2D eigenvalue weighted by atomic mass is 10.1. The van der Waals surface area contributed by atoms with Crippen molar-refractivity contribution < 1.29 is 14.0 Å². The highest BCUT2D eigenvalue weighted by Crippen LogP contribution is 2.28. The molecule has 130 valence electrons. The first kappa shape index (κ1) is 17.0. The molecule has 0 saturated carbocycles. The minimum atomic E-state index is -0.615. The maximum absolute atomic E-state index is 13.9. The van der Waals surface area contributed by atoms with Gasteiger partial charge in [0.1, 0.15) is 5.82 Å². The van der Waals surface area contributed by atoms with Gasteiger partial charge in [0.15, 0.2) is 0 Å². The van der Waals surface area contributed by atoms with Crippen LogP contribution in [0.3, 0.4) is 0 Å². The molecule has 0 aliphatic carbocycles. The third-order valence-corrected chi connectivity index (χ3v) is 4.34. The van der Waals surface area contributed by atoms with E-state index in [1.54, 1.807) is 20.2 Å². The Bertz CT molecular complexity index is 849. The highest BCUT2D eigenvalue weighted by atomic mass is 19.1. The first-order valence-corrected chi connectivity index (χ1v) is 8.03. The molecule has 1 heterocycles. The number of halogens is 1. The van der Waals surface area contributed by atoms with Crippen molar-refractivity contribution in [2.75, 3.05) is 37.9 Å². The monoisotopic (exact) mass is 341 g/mol. The molecule has 1 aliphatic rings. The van der Waals surface area contributed by atoms with Crippen LogP contribution in [0.25, 0.3) is 0 Å². The molecule has 0 unspecified atom stereocenters. The van der Waals surface area contributed by atoms with Crippen LogP contribution in [0.15, 0.2) is 36.4 Å². The van der Waals surface area contributed by atoms with Gasteiger partial charge in [0.25, 0.3) is 11.8 Å². The zero-order valence-electron chi connectivity index (χ0n) is 14.5. The Hall–Kier alpha value is -2.89. The maximum atomic E-state index is 13.9. The zero-order valence-corrected chi connectivity index (χ0v) is 14.5. The van der Waals surface area contributed by atoms with E-state index in [-0.39, 0.29) is 11.5 Å². The normalized spacial score (nSPS) is 12.7. The fourth-order valence-electron chi connectivity index (χ4n) is 2.89. The topological polar surface area (TPSA) is 52.7 Å². The van der Waals surface area contributed by atoms with Crippen molar-refractivity contribution in [3.8, 4) is 0 Å². The van der Waals surface area contributed by atoms with E-state index in [2.05, 4.69) is 10.2 Å². The summed E-state index contributed by atoms with van der Waals surface area (Å²) < 4.78 is 13.9. The largest absolute Gasteiger partial charge is 0.374 e. The molecule has 2 amide bonds. The molecule has 25 heavy (non-hydrogen) atoms. The van der Waals surface area contributed by atoms with Crippen LogP contribution in [0.5, 0.6) is 0 Å². The van der Waals surface area contributed by atoms with Gasteiger partial charge in [0.2, 0.25) is 0 Å². The Morgan fingerprint density at radius 3 is 2.64 bits per heavy atom. The SMILES string of the molecule is CN(C)C(=O)c1cc(NC(=O)c2ccc3c(c2)N(C)CC3)ccc1F. The summed E-state index contributed by atoms with van der Waals surface area (Å²) in [6.07, 6.45) is 0.974. The van der Waals surface area contributed by atoms with Crippen molar-refractivity contribution in [2.24, 2.45) is 0 Å². The molecule has 1 N–H and O–H groups in total. The van der Waals surface area contributed by atoms with E-state index < -0.39 is 11.7 Å². The maximum Gasteiger partial charge on any atom is 0.256 e. The van der Waals surface area contributed by atoms with Crippen molar-refractivity contribution in [3.63, 3.8) is 0 Å². The van der Waals surface area contributed by atoms with Crippen molar-refractivity contribution in [2.45, 2.75) is 6.42 Å². The van der Waals surface area contributed by atoms with Gasteiger partial charge in [0.05, 0.1) is 5.56 Å². The van der Waals surface area contributed by atoms with Crippen molar-refractivity contribution in [1.29, 1.82) is 0 Å². The average molecular weight is 341 g/mol. The lowest BCUT2D eigenvalue weighted by Gasteiger charge is -2.14. The molecule has 0 aromatic heterocycles. The van der Waals surface area contributed by atoms with Gasteiger partial charge in [-0.05, 0) is 42.3 Å². The van der Waals surface area contributed by atoms with Crippen LogP contribution < -0.4 is 10.2 Å². The van der Waals surface area contributed by atoms with Crippen LogP contribution in [0.2, 0.25) is 0 Å². The Morgan fingerprint density at radius 1 is 1.16 bits per heavy atom. The molecule has 0 fully saturated rings. The number of hydrogen-bond donors (Lipinski definition) is 1. The number of benzene rings is 2. The number of carbonyl (C=O) groups is 2. The second-order valence-corrected chi connectivity index (χ2v) is 6.36. The highest BCUT2D eigenvalue weighted by Gasteiger charge is 2.19. The van der Waals surface area contributed by atoms with Crippen LogP contribution >= 0.6 is 0 Å². The van der Waals surface area contributed by atoms with Crippen molar-refractivity contribution in [1.82, 2.24) is 4.90 Å². The molecular formula is C19H20FN3O2. The summed E-state index contributed by atoms with van der Waals surface area (Å²) in [6, 6.07) is 9.58. The van der Waals surface area contributed by atoms with Crippen molar-refractivity contribution >= 4 is 23.2 Å². The minimum absolute atomic E-state index is 0.0727. The van der Waals surface area contributed by atoms with E-state index in [0.717, 1.165) is 18.7 Å². The quantitative estimate of drug-likeness (QED) is 0.934. The van der Waals surface area contributed by atoms with E-state index in [1.807, 2.05) is 19.2 Å². The highest BCUT2D eigenvalue weighted by molar-refractivity contribution is 6.05. The first-order valence-electron chi connectivity index (χ1n) is 8.03. The third-order valence-electron chi connectivity index (χ3n) is 4.34. The Labute approximate surface area is 146 Å². The predicted molar refractivity (Wildman–Crippen MR) is 95.8 cm³/mol. The molecule has 0 spiro atoms. The number of amides is 2. The number of hydrogen-bond acceptors (Lipinski definition) is 3. The molecule has 6 heteroatoms. The number of carbonyl (C=O) groups excluding carboxylic acids is 2. The van der Waals surface area contributed by atoms with Gasteiger partial charge < -0.3 is 15.1 Å². The molecule has 2 aromatic carbocycles. The minimum Gasteiger partial charge on any atom is -0.374 e. The Morgan fingerprint density at radius 2 is 1.92 bits per heavy atom. The summed E-state index contributed by atoms with van der Waals surface area (Å²) in [7, 11) is 5.09. The van der Waals surface area contributed by atoms with E-state index >= 15 is 0 Å². The number of likely N-dealkylation sites (N-methyl/N-ethyl adjacent to an activating group) is 1. The molecule has 1 aliphatic heterocycles. The van der Waals surface area contributed by atoms with E-state index in [4.69, 9.17) is 0 Å². The molecule has 3 rings (SSSR count). The molecule has 5 nitrogen and oxygen atoms in total. The number of nitrogens with zero attached hydrogens (tertiary/aromatic N) is 2. The van der Waals surface area contributed by atoms with E-state index in [9.17, 15) is 14.0 Å². The molecule has 2 aromatic rings. The summed E-state index contributed by atoms with van der Waals surface area (Å²) in [5, 5.41) is 2.73. The Balaban J connectivity index is 1.83. The van der Waals surface area contributed by atoms with Crippen LogP contribution in [-0.2, 0) is 6.42 Å². The first-order chi connectivity index (χ1) is 11.9. The van der Waals surface area contributed by atoms with Gasteiger partial charge >= 0.3 is 0 Å². The number of anilines is 2. The third kappa shape index (κ3) is 3.33. The number of nitrogens with one attached hydrogen (secondary N) is 1. The van der Waals surface area contributed by atoms with Gasteiger partial charge in [-0.15, -0.1) is 0 Å². The molecule has 0 bridgehead atoms. The number of rotatable bonds is 3. The Kier molecular flexibility index (Phi) is 4.44. The second kappa shape index (κ2) is 6.55. The standard InChI is InChI=1S/C19H20FN3O2/c1-22(2)19(25)15-11-14(6-7-16(15)20)21-18(24)13-5-4-12-8-9-23(3)17(12)10-13/h4-7,10-11H,8-9H2,1-3H3,(H,21,24). The fraction of sp³-hybridized carbons (Fsp3) is 0.263. The van der Waals surface area contributed by atoms with Gasteiger partial charge in [0, 0.05) is 44.6 Å². The lowest BCUT2D eigenvalue weighted by Crippen LogP contribution is -2.23. The van der Waals surface area contributed by atoms with Crippen LogP contribution in [0, 0.1) is 5.82 Å². The average Bonchev–Trinajstić information content (AvgIpc) is 2.96. The van der Waals surface area contributed by atoms with Crippen LogP contribution in [0.4, 0.5) is 15.8 Å². The van der Waals surface area contributed by atoms with Crippen molar-refractivity contribution in [3.05, 3.63) is 58.9 Å². The summed E-state index contributed by atoms with van der Waals surface area (Å²) >= 11 is 0. The van der Waals surface area contributed by atoms with Gasteiger partial charge in [-0.2, -0.15) is 0 Å². The van der Waals surface area contributed by atoms with Crippen LogP contribution in [0.1, 0.15) is 26.3 Å². The number of fused-ring (bicyclic) bond motifs is 1. The summed E-state index contributed by atoms with van der Waals surface area (Å²) in [5.41, 5.74) is 3.11. The summed E-state index contributed by atoms with van der Waals surface area (Å²) in [4.78, 5) is 27.9. The molecular weight excluding hydrogens is 321 g/mol.